The van der Waals surface area contributed by atoms with Gasteiger partial charge in [0.2, 0.25) is 0 Å². The van der Waals surface area contributed by atoms with Crippen molar-refractivity contribution in [2.24, 2.45) is 0 Å². The maximum atomic E-state index is 12.0. The van der Waals surface area contributed by atoms with E-state index in [9.17, 15) is 13.2 Å². The van der Waals surface area contributed by atoms with E-state index in [1.54, 1.807) is 16.8 Å². The summed E-state index contributed by atoms with van der Waals surface area (Å²) in [6.07, 6.45) is 5.74. The molecule has 1 aliphatic rings. The minimum atomic E-state index is -3.06. The SMILES string of the molecule is O=c1ccn2cc(C3CCCCS3(=O)=O)[nH]c2c1. The number of aromatic amines is 1. The fourth-order valence-corrected chi connectivity index (χ4v) is 4.43. The van der Waals surface area contributed by atoms with Crippen molar-refractivity contribution < 1.29 is 8.42 Å². The number of hydrogen-bond acceptors (Lipinski definition) is 3. The number of imidazole rings is 1. The second-order valence-corrected chi connectivity index (χ2v) is 7.02. The van der Waals surface area contributed by atoms with Gasteiger partial charge < -0.3 is 9.38 Å². The van der Waals surface area contributed by atoms with Crippen LogP contribution < -0.4 is 5.43 Å². The van der Waals surface area contributed by atoms with E-state index in [0.29, 0.717) is 17.8 Å². The molecule has 3 heterocycles. The third-order valence-electron chi connectivity index (χ3n) is 3.43. The molecule has 3 rings (SSSR count). The number of H-pyrrole nitrogens is 1. The van der Waals surface area contributed by atoms with E-state index in [-0.39, 0.29) is 11.2 Å². The van der Waals surface area contributed by atoms with Crippen LogP contribution in [-0.2, 0) is 9.84 Å². The minimum absolute atomic E-state index is 0.0881. The van der Waals surface area contributed by atoms with E-state index in [0.717, 1.165) is 12.8 Å². The molecule has 6 heteroatoms. The third kappa shape index (κ3) is 1.86. The number of hydrogen-bond donors (Lipinski definition) is 1. The maximum absolute atomic E-state index is 12.0. The number of nitrogens with one attached hydrogen (secondary N) is 1. The molecular formula is C12H14N2O3S. The van der Waals surface area contributed by atoms with Crippen molar-refractivity contribution in [2.45, 2.75) is 24.5 Å². The predicted molar refractivity (Wildman–Crippen MR) is 68.4 cm³/mol. The van der Waals surface area contributed by atoms with Crippen LogP contribution in [-0.4, -0.2) is 23.6 Å². The van der Waals surface area contributed by atoms with E-state index >= 15 is 0 Å². The van der Waals surface area contributed by atoms with Gasteiger partial charge in [0.25, 0.3) is 0 Å². The van der Waals surface area contributed by atoms with Crippen molar-refractivity contribution in [3.05, 3.63) is 40.4 Å². The highest BCUT2D eigenvalue weighted by Gasteiger charge is 2.31. The van der Waals surface area contributed by atoms with E-state index in [4.69, 9.17) is 0 Å². The number of pyridine rings is 1. The Morgan fingerprint density at radius 2 is 2.17 bits per heavy atom. The molecule has 1 saturated heterocycles. The van der Waals surface area contributed by atoms with E-state index < -0.39 is 15.1 Å². The molecule has 1 unspecified atom stereocenters. The lowest BCUT2D eigenvalue weighted by atomic mass is 10.1. The van der Waals surface area contributed by atoms with Crippen molar-refractivity contribution in [2.75, 3.05) is 5.75 Å². The molecule has 96 valence electrons. The molecule has 0 spiro atoms. The van der Waals surface area contributed by atoms with Crippen LogP contribution >= 0.6 is 0 Å². The summed E-state index contributed by atoms with van der Waals surface area (Å²) in [6, 6.07) is 2.93. The smallest absolute Gasteiger partial charge is 0.183 e. The van der Waals surface area contributed by atoms with Gasteiger partial charge in [-0.1, -0.05) is 6.42 Å². The summed E-state index contributed by atoms with van der Waals surface area (Å²) in [5.74, 6) is 0.254. The van der Waals surface area contributed by atoms with Gasteiger partial charge in [-0.25, -0.2) is 8.42 Å². The van der Waals surface area contributed by atoms with E-state index in [1.807, 2.05) is 0 Å². The fraction of sp³-hybridized carbons (Fsp3) is 0.417. The van der Waals surface area contributed by atoms with Crippen LogP contribution in [0.3, 0.4) is 0 Å². The van der Waals surface area contributed by atoms with Crippen molar-refractivity contribution in [1.29, 1.82) is 0 Å². The van der Waals surface area contributed by atoms with Crippen molar-refractivity contribution >= 4 is 15.5 Å². The number of aromatic nitrogens is 2. The second kappa shape index (κ2) is 3.98. The first-order valence-electron chi connectivity index (χ1n) is 5.99. The molecule has 1 atom stereocenters. The zero-order valence-corrected chi connectivity index (χ0v) is 10.6. The molecule has 1 aliphatic heterocycles. The maximum Gasteiger partial charge on any atom is 0.183 e. The predicted octanol–water partition coefficient (Wildman–Crippen LogP) is 1.27. The molecule has 1 N–H and O–H groups in total. The average Bonchev–Trinajstić information content (AvgIpc) is 2.70. The normalized spacial score (nSPS) is 23.2. The molecule has 18 heavy (non-hydrogen) atoms. The lowest BCUT2D eigenvalue weighted by Crippen LogP contribution is -2.21. The van der Waals surface area contributed by atoms with Crippen molar-refractivity contribution in [3.63, 3.8) is 0 Å². The Morgan fingerprint density at radius 3 is 2.94 bits per heavy atom. The summed E-state index contributed by atoms with van der Waals surface area (Å²) < 4.78 is 25.8. The summed E-state index contributed by atoms with van der Waals surface area (Å²) in [7, 11) is -3.06. The standard InChI is InChI=1S/C12H14N2O3S/c15-9-4-5-14-8-10(13-12(14)7-9)11-3-1-2-6-18(11,16)17/h4-5,7-8,11,13H,1-3,6H2. The topological polar surface area (TPSA) is 71.4 Å². The van der Waals surface area contributed by atoms with Crippen molar-refractivity contribution in [3.8, 4) is 0 Å². The third-order valence-corrected chi connectivity index (χ3v) is 5.65. The first kappa shape index (κ1) is 11.5. The highest BCUT2D eigenvalue weighted by Crippen LogP contribution is 2.32. The van der Waals surface area contributed by atoms with Gasteiger partial charge in [0.05, 0.1) is 11.4 Å². The van der Waals surface area contributed by atoms with Gasteiger partial charge in [0.15, 0.2) is 15.3 Å². The largest absolute Gasteiger partial charge is 0.342 e. The average molecular weight is 266 g/mol. The van der Waals surface area contributed by atoms with E-state index in [2.05, 4.69) is 4.98 Å². The summed E-state index contributed by atoms with van der Waals surface area (Å²) in [5.41, 5.74) is 1.23. The van der Waals surface area contributed by atoms with Crippen molar-refractivity contribution in [1.82, 2.24) is 9.38 Å². The van der Waals surface area contributed by atoms with Gasteiger partial charge in [0, 0.05) is 24.5 Å². The van der Waals surface area contributed by atoms with Crippen LogP contribution in [0.15, 0.2) is 29.3 Å². The number of rotatable bonds is 1. The number of sulfone groups is 1. The van der Waals surface area contributed by atoms with Crippen LogP contribution in [0, 0.1) is 0 Å². The van der Waals surface area contributed by atoms with Gasteiger partial charge >= 0.3 is 0 Å². The molecule has 0 bridgehead atoms. The molecule has 1 fully saturated rings. The highest BCUT2D eigenvalue weighted by molar-refractivity contribution is 7.91. The Labute approximate surface area is 104 Å². The quantitative estimate of drug-likeness (QED) is 0.844. The lowest BCUT2D eigenvalue weighted by molar-refractivity contribution is 0.543. The van der Waals surface area contributed by atoms with Crippen LogP contribution in [0.5, 0.6) is 0 Å². The second-order valence-electron chi connectivity index (χ2n) is 4.72. The van der Waals surface area contributed by atoms with Crippen LogP contribution in [0.2, 0.25) is 0 Å². The molecule has 5 nitrogen and oxygen atoms in total. The Hall–Kier alpha value is -1.56. The monoisotopic (exact) mass is 266 g/mol. The van der Waals surface area contributed by atoms with Gasteiger partial charge in [0.1, 0.15) is 10.9 Å². The van der Waals surface area contributed by atoms with Crippen LogP contribution in [0.1, 0.15) is 30.2 Å². The first-order chi connectivity index (χ1) is 8.56. The molecular weight excluding hydrogens is 252 g/mol. The molecule has 2 aromatic rings. The van der Waals surface area contributed by atoms with Gasteiger partial charge in [-0.2, -0.15) is 0 Å². The summed E-state index contributed by atoms with van der Waals surface area (Å²) >= 11 is 0. The minimum Gasteiger partial charge on any atom is -0.342 e. The summed E-state index contributed by atoms with van der Waals surface area (Å²) in [5, 5.41) is -0.457. The van der Waals surface area contributed by atoms with Crippen LogP contribution in [0.25, 0.3) is 5.65 Å². The zero-order valence-electron chi connectivity index (χ0n) is 9.80. The Kier molecular flexibility index (Phi) is 2.55. The Morgan fingerprint density at radius 1 is 1.33 bits per heavy atom. The Balaban J connectivity index is 2.11. The molecule has 0 radical (unpaired) electrons. The Bertz CT molecular complexity index is 742. The molecule has 0 aromatic carbocycles. The van der Waals surface area contributed by atoms with Crippen LogP contribution in [0.4, 0.5) is 0 Å². The molecule has 2 aromatic heterocycles. The number of nitrogens with zero attached hydrogens (tertiary/aromatic N) is 1. The number of fused-ring (bicyclic) bond motifs is 1. The molecule has 0 saturated carbocycles. The molecule has 0 aliphatic carbocycles. The zero-order chi connectivity index (χ0) is 12.8. The lowest BCUT2D eigenvalue weighted by Gasteiger charge is -2.20. The molecule has 0 amide bonds. The van der Waals surface area contributed by atoms with Gasteiger partial charge in [-0.15, -0.1) is 0 Å². The highest BCUT2D eigenvalue weighted by atomic mass is 32.2. The van der Waals surface area contributed by atoms with Gasteiger partial charge in [-0.05, 0) is 12.8 Å². The van der Waals surface area contributed by atoms with E-state index in [1.165, 1.54) is 12.1 Å². The summed E-state index contributed by atoms with van der Waals surface area (Å²) in [6.45, 7) is 0. The first-order valence-corrected chi connectivity index (χ1v) is 7.70. The summed E-state index contributed by atoms with van der Waals surface area (Å²) in [4.78, 5) is 14.3. The van der Waals surface area contributed by atoms with Gasteiger partial charge in [-0.3, -0.25) is 4.79 Å². The fourth-order valence-electron chi connectivity index (χ4n) is 2.50.